The Hall–Kier alpha value is -16.7. The van der Waals surface area contributed by atoms with Crippen molar-refractivity contribution < 1.29 is 27.9 Å². The molecule has 2 spiro atoms. The van der Waals surface area contributed by atoms with E-state index in [1.54, 1.807) is 4.57 Å². The van der Waals surface area contributed by atoms with Crippen LogP contribution in [0.3, 0.4) is 0 Å². The monoisotopic (exact) mass is 1780 g/mol. The molecule has 3 aromatic heterocycles. The Morgan fingerprint density at radius 1 is 0.304 bits per heavy atom. The highest BCUT2D eigenvalue weighted by molar-refractivity contribution is 7.00. The fourth-order valence-corrected chi connectivity index (χ4v) is 24.8. The van der Waals surface area contributed by atoms with E-state index in [-0.39, 0.29) is 45.5 Å². The van der Waals surface area contributed by atoms with Crippen LogP contribution in [0.4, 0.5) is 22.7 Å². The first-order chi connectivity index (χ1) is 71.3. The topological polar surface area (TPSA) is 79.9 Å². The van der Waals surface area contributed by atoms with Crippen LogP contribution >= 0.6 is 0 Å². The zero-order chi connectivity index (χ0) is 96.9. The van der Waals surface area contributed by atoms with Crippen LogP contribution in [0, 0.1) is 11.3 Å². The van der Waals surface area contributed by atoms with Gasteiger partial charge in [0.25, 0.3) is 6.71 Å². The van der Waals surface area contributed by atoms with Gasteiger partial charge in [-0.1, -0.05) is 317 Å². The van der Waals surface area contributed by atoms with Crippen LogP contribution in [0.25, 0.3) is 138 Å². The molecular weight excluding hydrogens is 1680 g/mol. The van der Waals surface area contributed by atoms with Gasteiger partial charge >= 0.3 is 0 Å². The summed E-state index contributed by atoms with van der Waals surface area (Å²) in [5, 5.41) is 14.8. The van der Waals surface area contributed by atoms with Gasteiger partial charge in [-0.25, -0.2) is 0 Å². The second-order valence-corrected chi connectivity index (χ2v) is 37.9. The number of aromatic nitrogens is 1. The van der Waals surface area contributed by atoms with Gasteiger partial charge in [-0.05, 0) is 265 Å². The summed E-state index contributed by atoms with van der Waals surface area (Å²) in [6.45, 7) is 0.828. The van der Waals surface area contributed by atoms with Crippen molar-refractivity contribution in [2.24, 2.45) is 0 Å². The summed E-state index contributed by atoms with van der Waals surface area (Å²) in [5.41, 5.74) is 35.2. The number of nitrogens with zero attached hydrogens (tertiary/aromatic N) is 4. The van der Waals surface area contributed by atoms with Gasteiger partial charge in [-0.2, -0.15) is 5.26 Å². The number of hydrogen-bond acceptors (Lipinski definition) is 7. The maximum atomic E-state index is 10.7. The summed E-state index contributed by atoms with van der Waals surface area (Å²) < 4.78 is 96.1. The summed E-state index contributed by atoms with van der Waals surface area (Å²) in [5.74, 6) is 3.44. The molecule has 6 aliphatic rings. The summed E-state index contributed by atoms with van der Waals surface area (Å²) in [4.78, 5) is 5.11. The lowest BCUT2D eigenvalue weighted by Crippen LogP contribution is -2.62. The molecule has 654 valence electrons. The SMILES string of the molecule is [2H]c1c([2H])c([2H])c2c(c1[2H])c1c([2H])c(C#N)c([2H])c([2H])c1n2-c1ccc2c(c1)N(CCCCCCc1ccccc1-c1ccc3c(c1)C1(c4ccccc4O3)c3ccccc3-c3ccccc31)c1cc(-c3ccc4oc5ccccc5c4c3)cc3c1B2c1cc(-c2cccc4c2oc2ccccc24)ccc1N3CCCCCCc1ccccc1-c1ccc2c(c1)C1(c3ccccc3O2)c2ccccc2-c2ccccc21. The third-order valence-electron chi connectivity index (χ3n) is 30.7. The van der Waals surface area contributed by atoms with Crippen molar-refractivity contribution >= 4 is 112 Å². The van der Waals surface area contributed by atoms with Crippen molar-refractivity contribution in [3.8, 4) is 102 Å². The number of rotatable bonds is 19. The average Bonchev–Trinajstić information content (AvgIpc) is 1.56. The van der Waals surface area contributed by atoms with Crippen LogP contribution in [0.1, 0.15) is 122 Å². The molecule has 9 heteroatoms. The highest BCUT2D eigenvalue weighted by Gasteiger charge is 2.54. The van der Waals surface area contributed by atoms with Crippen molar-refractivity contribution in [3.63, 3.8) is 0 Å². The molecule has 22 aromatic rings. The molecule has 0 atom stereocenters. The fraction of sp³-hybridized carbons (Fsp3) is 0.109. The molecule has 0 bridgehead atoms. The maximum absolute atomic E-state index is 10.7. The van der Waals surface area contributed by atoms with Crippen LogP contribution in [-0.4, -0.2) is 24.4 Å². The van der Waals surface area contributed by atoms with E-state index in [2.05, 4.69) is 343 Å². The maximum Gasteiger partial charge on any atom is 0.252 e. The lowest BCUT2D eigenvalue weighted by molar-refractivity contribution is 0.436. The van der Waals surface area contributed by atoms with E-state index in [0.29, 0.717) is 18.8 Å². The largest absolute Gasteiger partial charge is 0.457 e. The third-order valence-corrected chi connectivity index (χ3v) is 30.7. The Labute approximate surface area is 811 Å². The summed E-state index contributed by atoms with van der Waals surface area (Å²) in [6, 6.07) is 131. The molecule has 7 heterocycles. The van der Waals surface area contributed by atoms with Crippen molar-refractivity contribution in [1.82, 2.24) is 4.57 Å². The number of aryl methyl sites for hydroxylation is 2. The normalized spacial score (nSPS) is 14.5. The number of hydrogen-bond donors (Lipinski definition) is 0. The summed E-state index contributed by atoms with van der Waals surface area (Å²) in [7, 11) is 0. The van der Waals surface area contributed by atoms with Gasteiger partial charge in [0.2, 0.25) is 0 Å². The molecule has 138 heavy (non-hydrogen) atoms. The zero-order valence-electron chi connectivity index (χ0n) is 82.6. The number of fused-ring (bicyclic) bond motifs is 31. The molecule has 0 N–H and O–H groups in total. The minimum absolute atomic E-state index is 0.00699. The predicted molar refractivity (Wildman–Crippen MR) is 565 cm³/mol. The van der Waals surface area contributed by atoms with Crippen LogP contribution in [0.5, 0.6) is 23.0 Å². The highest BCUT2D eigenvalue weighted by atomic mass is 16.5. The number of benzene rings is 19. The van der Waals surface area contributed by atoms with Gasteiger partial charge in [0.1, 0.15) is 45.3 Å². The Kier molecular flexibility index (Phi) is 16.8. The van der Waals surface area contributed by atoms with Crippen molar-refractivity contribution in [3.05, 3.63) is 467 Å². The van der Waals surface area contributed by atoms with E-state index in [1.807, 2.05) is 36.4 Å². The molecular formula is C129H91BN4O4. The zero-order valence-corrected chi connectivity index (χ0v) is 75.6. The van der Waals surface area contributed by atoms with E-state index in [9.17, 15) is 13.5 Å². The predicted octanol–water partition coefficient (Wildman–Crippen LogP) is 31.1. The Morgan fingerprint density at radius 2 is 0.775 bits per heavy atom. The highest BCUT2D eigenvalue weighted by Crippen LogP contribution is 2.65. The van der Waals surface area contributed by atoms with Crippen molar-refractivity contribution in [2.45, 2.75) is 75.0 Å². The number of anilines is 4. The lowest BCUT2D eigenvalue weighted by atomic mass is 9.33. The Balaban J connectivity index is 0.564. The number of nitriles is 1. The first-order valence-electron chi connectivity index (χ1n) is 52.0. The number of para-hydroxylation sites is 6. The van der Waals surface area contributed by atoms with E-state index in [1.165, 1.54) is 66.8 Å². The number of ether oxygens (including phenoxy) is 2. The van der Waals surface area contributed by atoms with Gasteiger partial charge in [0.15, 0.2) is 0 Å². The second-order valence-electron chi connectivity index (χ2n) is 37.9. The minimum atomic E-state index is -0.613. The van der Waals surface area contributed by atoms with Gasteiger partial charge in [-0.3, -0.25) is 0 Å². The molecule has 4 aliphatic heterocycles. The van der Waals surface area contributed by atoms with Crippen molar-refractivity contribution in [2.75, 3.05) is 22.9 Å². The second kappa shape index (κ2) is 31.7. The number of furan rings is 2. The average molecular weight is 1780 g/mol. The third kappa shape index (κ3) is 12.1. The molecule has 0 saturated carbocycles. The van der Waals surface area contributed by atoms with Gasteiger partial charge in [0, 0.05) is 102 Å². The van der Waals surface area contributed by atoms with Crippen LogP contribution in [0.15, 0.2) is 415 Å². The molecule has 0 saturated heterocycles. The van der Waals surface area contributed by atoms with Crippen molar-refractivity contribution in [1.29, 1.82) is 5.26 Å². The van der Waals surface area contributed by atoms with Gasteiger partial charge < -0.3 is 32.7 Å². The molecule has 0 unspecified atom stereocenters. The molecule has 2 aliphatic carbocycles. The quantitative estimate of drug-likeness (QED) is 0.0589. The standard InChI is InChI=1S/C129H91BN4O4/c131-80-81-58-65-114-101(72-81)97-42-15-24-53-113(97)134(114)89-63-64-111-116(79-89)133(71-30-4-2-6-33-83-35-8-10-37-91(83)86-62-69-125-110(75-86)129(108-52-23-28-57-123(108)137-125)105-49-20-13-40-95(105)96-41-14-21-50-106(96)129)118-78-88(84-60-67-121-102(73-84)99-44-17-25-54-119(99)135-121)77-117-126(118)130(111)112-76-87(92-45-31-46-100-98-43-16-26-55-120(98)138-127(92)100)59-66-115(112)132(117)70-29-3-1-5-32-82-34-7-9-36-90(82)85-61-68-124-109(74-85)128(107-51-22-27-56-122(107)136-124)103-47-18-11-38-93(103)94-39-12-19-48-104(94)128/h7-28,31,34-69,72-79H,1-6,29-30,32-33,70-71H2/i15D,24D,42D,53D,58D,65D,72D. The first kappa shape index (κ1) is 72.8. The first-order valence-corrected chi connectivity index (χ1v) is 48.5. The fourth-order valence-electron chi connectivity index (χ4n) is 24.8. The smallest absolute Gasteiger partial charge is 0.252 e. The molecule has 8 nitrogen and oxygen atoms in total. The molecule has 0 amide bonds. The summed E-state index contributed by atoms with van der Waals surface area (Å²) >= 11 is 0. The van der Waals surface area contributed by atoms with Crippen LogP contribution in [0.2, 0.25) is 0 Å². The molecule has 28 rings (SSSR count). The van der Waals surface area contributed by atoms with E-state index in [0.717, 1.165) is 226 Å². The van der Waals surface area contributed by atoms with E-state index < -0.39 is 41.7 Å². The minimum Gasteiger partial charge on any atom is -0.457 e. The molecule has 0 radical (unpaired) electrons. The Bertz CT molecular complexity index is 9280. The number of unbranched alkanes of at least 4 members (excludes halogenated alkanes) is 6. The van der Waals surface area contributed by atoms with Gasteiger partial charge in [0.05, 0.1) is 43.1 Å². The van der Waals surface area contributed by atoms with E-state index >= 15 is 0 Å². The molecule has 19 aromatic carbocycles. The lowest BCUT2D eigenvalue weighted by Gasteiger charge is -2.45. The summed E-state index contributed by atoms with van der Waals surface area (Å²) in [6.07, 6.45) is 8.97. The van der Waals surface area contributed by atoms with Crippen LogP contribution in [-0.2, 0) is 23.7 Å². The Morgan fingerprint density at radius 3 is 1.38 bits per heavy atom. The molecule has 0 fully saturated rings. The van der Waals surface area contributed by atoms with Crippen LogP contribution < -0.4 is 35.7 Å². The van der Waals surface area contributed by atoms with E-state index in [4.69, 9.17) is 19.7 Å². The van der Waals surface area contributed by atoms with Gasteiger partial charge in [-0.15, -0.1) is 0 Å².